The SMILES string of the molecule is CC(C)(C)OC(=O)C[C@@H](N)C(=O)OCN.Cl. The quantitative estimate of drug-likeness (QED) is 0.537. The Morgan fingerprint density at radius 2 is 1.81 bits per heavy atom. The molecule has 0 aromatic heterocycles. The second-order valence-corrected chi connectivity index (χ2v) is 4.03. The molecule has 1 atom stereocenters. The lowest BCUT2D eigenvalue weighted by Gasteiger charge is -2.20. The summed E-state index contributed by atoms with van der Waals surface area (Å²) in [6, 6.07) is -1.02. The number of ether oxygens (including phenoxy) is 2. The van der Waals surface area contributed by atoms with Gasteiger partial charge in [0.1, 0.15) is 18.4 Å². The van der Waals surface area contributed by atoms with Gasteiger partial charge in [0.25, 0.3) is 0 Å². The van der Waals surface area contributed by atoms with Crippen molar-refractivity contribution in [1.29, 1.82) is 0 Å². The van der Waals surface area contributed by atoms with E-state index in [0.29, 0.717) is 0 Å². The normalized spacial score (nSPS) is 12.3. The highest BCUT2D eigenvalue weighted by Crippen LogP contribution is 2.09. The van der Waals surface area contributed by atoms with Crippen molar-refractivity contribution in [2.45, 2.75) is 38.8 Å². The van der Waals surface area contributed by atoms with E-state index >= 15 is 0 Å². The second kappa shape index (κ2) is 7.43. The monoisotopic (exact) mass is 254 g/mol. The summed E-state index contributed by atoms with van der Waals surface area (Å²) in [5.41, 5.74) is 9.79. The lowest BCUT2D eigenvalue weighted by atomic mass is 10.2. The summed E-state index contributed by atoms with van der Waals surface area (Å²) in [4.78, 5) is 22.2. The molecule has 0 saturated heterocycles. The average Bonchev–Trinajstić information content (AvgIpc) is 2.00. The molecular formula is C9H19ClN2O4. The molecular weight excluding hydrogens is 236 g/mol. The van der Waals surface area contributed by atoms with Crippen LogP contribution in [-0.2, 0) is 19.1 Å². The van der Waals surface area contributed by atoms with Gasteiger partial charge < -0.3 is 15.2 Å². The van der Waals surface area contributed by atoms with Crippen LogP contribution in [0.1, 0.15) is 27.2 Å². The lowest BCUT2D eigenvalue weighted by Crippen LogP contribution is -2.37. The molecule has 0 unspecified atom stereocenters. The van der Waals surface area contributed by atoms with E-state index in [2.05, 4.69) is 4.74 Å². The Kier molecular flexibility index (Phi) is 8.14. The Morgan fingerprint density at radius 3 is 2.19 bits per heavy atom. The third-order valence-electron chi connectivity index (χ3n) is 1.33. The van der Waals surface area contributed by atoms with Crippen LogP contribution in [0.5, 0.6) is 0 Å². The minimum absolute atomic E-state index is 0. The van der Waals surface area contributed by atoms with Crippen LogP contribution in [0.2, 0.25) is 0 Å². The fraction of sp³-hybridized carbons (Fsp3) is 0.778. The van der Waals surface area contributed by atoms with Crippen molar-refractivity contribution < 1.29 is 19.1 Å². The van der Waals surface area contributed by atoms with E-state index in [4.69, 9.17) is 16.2 Å². The Morgan fingerprint density at radius 1 is 1.31 bits per heavy atom. The van der Waals surface area contributed by atoms with Crippen LogP contribution in [0.4, 0.5) is 0 Å². The topological polar surface area (TPSA) is 105 Å². The van der Waals surface area contributed by atoms with Gasteiger partial charge in [-0.15, -0.1) is 12.4 Å². The predicted molar refractivity (Wildman–Crippen MR) is 60.8 cm³/mol. The fourth-order valence-corrected chi connectivity index (χ4v) is 0.835. The Bertz CT molecular complexity index is 240. The van der Waals surface area contributed by atoms with Gasteiger partial charge in [-0.2, -0.15) is 0 Å². The molecule has 0 amide bonds. The lowest BCUT2D eigenvalue weighted by molar-refractivity contribution is -0.159. The summed E-state index contributed by atoms with van der Waals surface area (Å²) < 4.78 is 9.42. The van der Waals surface area contributed by atoms with Gasteiger partial charge >= 0.3 is 11.9 Å². The minimum atomic E-state index is -1.02. The van der Waals surface area contributed by atoms with E-state index in [1.807, 2.05) is 0 Å². The zero-order chi connectivity index (χ0) is 12.1. The van der Waals surface area contributed by atoms with Crippen molar-refractivity contribution >= 4 is 24.3 Å². The standard InChI is InChI=1S/C9H18N2O4.ClH/c1-9(2,3)15-7(12)4-6(11)8(13)14-5-10;/h6H,4-5,10-11H2,1-3H3;1H/t6-;/m1./s1. The molecule has 0 spiro atoms. The van der Waals surface area contributed by atoms with Gasteiger partial charge in [-0.05, 0) is 20.8 Å². The van der Waals surface area contributed by atoms with Gasteiger partial charge in [-0.25, -0.2) is 0 Å². The number of carbonyl (C=O) groups is 2. The first-order valence-corrected chi connectivity index (χ1v) is 4.60. The molecule has 0 aliphatic heterocycles. The van der Waals surface area contributed by atoms with E-state index in [-0.39, 0.29) is 25.6 Å². The van der Waals surface area contributed by atoms with Crippen molar-refractivity contribution in [3.05, 3.63) is 0 Å². The van der Waals surface area contributed by atoms with Crippen LogP contribution >= 0.6 is 12.4 Å². The summed E-state index contributed by atoms with van der Waals surface area (Å²) in [5, 5.41) is 0. The van der Waals surface area contributed by atoms with Crippen LogP contribution < -0.4 is 11.5 Å². The van der Waals surface area contributed by atoms with E-state index in [9.17, 15) is 9.59 Å². The van der Waals surface area contributed by atoms with Gasteiger partial charge in [0, 0.05) is 0 Å². The van der Waals surface area contributed by atoms with Crippen LogP contribution in [-0.4, -0.2) is 30.3 Å². The molecule has 96 valence electrons. The van der Waals surface area contributed by atoms with E-state index in [1.54, 1.807) is 20.8 Å². The summed E-state index contributed by atoms with van der Waals surface area (Å²) >= 11 is 0. The van der Waals surface area contributed by atoms with Crippen molar-refractivity contribution in [3.63, 3.8) is 0 Å². The molecule has 0 aliphatic carbocycles. The first-order chi connectivity index (χ1) is 6.76. The summed E-state index contributed by atoms with van der Waals surface area (Å²) in [7, 11) is 0. The van der Waals surface area contributed by atoms with Gasteiger partial charge in [-0.3, -0.25) is 15.3 Å². The number of nitrogens with two attached hydrogens (primary N) is 2. The number of rotatable bonds is 4. The van der Waals surface area contributed by atoms with Crippen LogP contribution in [0.15, 0.2) is 0 Å². The van der Waals surface area contributed by atoms with Crippen molar-refractivity contribution in [1.82, 2.24) is 0 Å². The third-order valence-corrected chi connectivity index (χ3v) is 1.33. The fourth-order valence-electron chi connectivity index (χ4n) is 0.835. The Hall–Kier alpha value is -0.850. The first kappa shape index (κ1) is 17.5. The third kappa shape index (κ3) is 8.46. The maximum absolute atomic E-state index is 11.2. The van der Waals surface area contributed by atoms with E-state index in [0.717, 1.165) is 0 Å². The summed E-state index contributed by atoms with van der Waals surface area (Å²) in [6.45, 7) is 4.94. The molecule has 16 heavy (non-hydrogen) atoms. The second-order valence-electron chi connectivity index (χ2n) is 4.03. The molecule has 0 rings (SSSR count). The molecule has 0 saturated carbocycles. The number of hydrogen-bond donors (Lipinski definition) is 2. The van der Waals surface area contributed by atoms with Crippen LogP contribution in [0.3, 0.4) is 0 Å². The van der Waals surface area contributed by atoms with Crippen molar-refractivity contribution in [3.8, 4) is 0 Å². The smallest absolute Gasteiger partial charge is 0.324 e. The largest absolute Gasteiger partial charge is 0.460 e. The molecule has 0 heterocycles. The summed E-state index contributed by atoms with van der Waals surface area (Å²) in [6.07, 6.45) is -0.212. The zero-order valence-corrected chi connectivity index (χ0v) is 10.5. The van der Waals surface area contributed by atoms with Gasteiger partial charge in [0.05, 0.1) is 6.42 Å². The van der Waals surface area contributed by atoms with Crippen molar-refractivity contribution in [2.24, 2.45) is 11.5 Å². The van der Waals surface area contributed by atoms with Crippen LogP contribution in [0.25, 0.3) is 0 Å². The van der Waals surface area contributed by atoms with Gasteiger partial charge in [-0.1, -0.05) is 0 Å². The predicted octanol–water partition coefficient (Wildman–Crippen LogP) is -0.0733. The highest BCUT2D eigenvalue weighted by atomic mass is 35.5. The Balaban J connectivity index is 0. The molecule has 4 N–H and O–H groups in total. The van der Waals surface area contributed by atoms with E-state index < -0.39 is 23.6 Å². The van der Waals surface area contributed by atoms with Crippen molar-refractivity contribution in [2.75, 3.05) is 6.73 Å². The number of carbonyl (C=O) groups excluding carboxylic acids is 2. The average molecular weight is 255 g/mol. The van der Waals surface area contributed by atoms with Crippen LogP contribution in [0, 0.1) is 0 Å². The number of esters is 2. The minimum Gasteiger partial charge on any atom is -0.460 e. The number of halogens is 1. The summed E-state index contributed by atoms with van der Waals surface area (Å²) in [5.74, 6) is -1.24. The highest BCUT2D eigenvalue weighted by Gasteiger charge is 2.23. The maximum atomic E-state index is 11.2. The first-order valence-electron chi connectivity index (χ1n) is 4.60. The molecule has 0 aromatic carbocycles. The molecule has 0 fully saturated rings. The molecule has 0 aromatic rings. The zero-order valence-electron chi connectivity index (χ0n) is 9.69. The highest BCUT2D eigenvalue weighted by molar-refractivity contribution is 5.85. The van der Waals surface area contributed by atoms with Gasteiger partial charge in [0.15, 0.2) is 0 Å². The molecule has 0 radical (unpaired) electrons. The molecule has 6 nitrogen and oxygen atoms in total. The molecule has 0 bridgehead atoms. The Labute approximate surface area is 101 Å². The van der Waals surface area contributed by atoms with Gasteiger partial charge in [0.2, 0.25) is 0 Å². The maximum Gasteiger partial charge on any atom is 0.324 e. The molecule has 0 aliphatic rings. The molecule has 7 heteroatoms. The number of hydrogen-bond acceptors (Lipinski definition) is 6. The van der Waals surface area contributed by atoms with E-state index in [1.165, 1.54) is 0 Å².